The summed E-state index contributed by atoms with van der Waals surface area (Å²) in [5, 5.41) is 40.2. The lowest BCUT2D eigenvalue weighted by Crippen LogP contribution is -2.35. The van der Waals surface area contributed by atoms with Crippen molar-refractivity contribution in [2.75, 3.05) is 0 Å². The van der Waals surface area contributed by atoms with Crippen molar-refractivity contribution in [1.82, 2.24) is 10.9 Å². The molecule has 1 saturated heterocycles. The van der Waals surface area contributed by atoms with Gasteiger partial charge in [0.2, 0.25) is 0 Å². The first-order valence-electron chi connectivity index (χ1n) is 7.78. The number of aromatic hydroxyl groups is 1. The summed E-state index contributed by atoms with van der Waals surface area (Å²) in [6.07, 6.45) is 0. The molecule has 0 radical (unpaired) electrons. The van der Waals surface area contributed by atoms with Crippen LogP contribution < -0.4 is 10.9 Å². The Kier molecular flexibility index (Phi) is 6.92. The van der Waals surface area contributed by atoms with E-state index in [9.17, 15) is 30.3 Å². The van der Waals surface area contributed by atoms with E-state index in [1.165, 1.54) is 0 Å². The lowest BCUT2D eigenvalue weighted by Gasteiger charge is -2.19. The van der Waals surface area contributed by atoms with Crippen LogP contribution in [0.4, 0.5) is 17.1 Å². The third kappa shape index (κ3) is 4.83. The first-order valence-corrected chi connectivity index (χ1v) is 7.78. The molecule has 1 heterocycles. The van der Waals surface area contributed by atoms with Gasteiger partial charge < -0.3 is 5.11 Å². The second-order valence-corrected chi connectivity index (χ2v) is 6.31. The predicted molar refractivity (Wildman–Crippen MR) is 91.6 cm³/mol. The summed E-state index contributed by atoms with van der Waals surface area (Å²) >= 11 is 0. The average Bonchev–Trinajstić information content (AvgIpc) is 2.87. The van der Waals surface area contributed by atoms with E-state index in [-0.39, 0.29) is 0 Å². The zero-order chi connectivity index (χ0) is 20.2. The fourth-order valence-corrected chi connectivity index (χ4v) is 2.55. The largest absolute Gasteiger partial charge is 0.497 e. The molecule has 0 saturated carbocycles. The Bertz CT molecular complexity index is 674. The van der Waals surface area contributed by atoms with E-state index in [1.807, 2.05) is 0 Å². The Morgan fingerprint density at radius 3 is 1.65 bits per heavy atom. The summed E-state index contributed by atoms with van der Waals surface area (Å²) in [4.78, 5) is 27.8. The second-order valence-electron chi connectivity index (χ2n) is 6.31. The molecule has 2 rings (SSSR count). The van der Waals surface area contributed by atoms with Gasteiger partial charge in [0.25, 0.3) is 11.4 Å². The maximum absolute atomic E-state index is 10.4. The molecule has 1 aromatic rings. The normalized spacial score (nSPS) is 21.8. The summed E-state index contributed by atoms with van der Waals surface area (Å²) in [6, 6.07) is 2.16. The number of nitro benzene ring substituents is 3. The highest BCUT2D eigenvalue weighted by Gasteiger charge is 2.31. The van der Waals surface area contributed by atoms with Gasteiger partial charge in [-0.05, 0) is 18.8 Å². The number of hydrogen-bond donors (Lipinski definition) is 3. The van der Waals surface area contributed by atoms with E-state index < -0.39 is 37.6 Å². The number of nitrogens with one attached hydrogen (secondary N) is 2. The number of hydrazine groups is 1. The molecule has 12 heteroatoms. The second kappa shape index (κ2) is 8.49. The van der Waals surface area contributed by atoms with Crippen LogP contribution in [-0.4, -0.2) is 32.0 Å². The molecule has 0 spiro atoms. The van der Waals surface area contributed by atoms with Gasteiger partial charge in [0, 0.05) is 12.1 Å². The molecule has 0 aromatic heterocycles. The molecule has 26 heavy (non-hydrogen) atoms. The summed E-state index contributed by atoms with van der Waals surface area (Å²) in [5.74, 6) is 0.271. The van der Waals surface area contributed by atoms with E-state index >= 15 is 0 Å². The van der Waals surface area contributed by atoms with E-state index in [2.05, 4.69) is 38.5 Å². The van der Waals surface area contributed by atoms with Crippen molar-refractivity contribution in [3.63, 3.8) is 0 Å². The zero-order valence-electron chi connectivity index (χ0n) is 14.7. The van der Waals surface area contributed by atoms with Gasteiger partial charge in [-0.25, -0.2) is 0 Å². The maximum atomic E-state index is 10.4. The molecular formula is C14H21N5O7. The number of phenolic OH excluding ortho intramolecular Hbond substituents is 1. The van der Waals surface area contributed by atoms with Crippen molar-refractivity contribution < 1.29 is 19.9 Å². The molecule has 1 aromatic carbocycles. The maximum Gasteiger partial charge on any atom is 0.324 e. The minimum absolute atomic E-state index is 0.447. The number of rotatable bonds is 4. The van der Waals surface area contributed by atoms with E-state index in [1.54, 1.807) is 0 Å². The van der Waals surface area contributed by atoms with Crippen LogP contribution >= 0.6 is 0 Å². The minimum atomic E-state index is -1.21. The van der Waals surface area contributed by atoms with Crippen molar-refractivity contribution in [2.24, 2.45) is 11.8 Å². The first kappa shape index (κ1) is 21.2. The number of benzene rings is 1. The monoisotopic (exact) mass is 371 g/mol. The van der Waals surface area contributed by atoms with Crippen molar-refractivity contribution in [1.29, 1.82) is 0 Å². The van der Waals surface area contributed by atoms with Crippen LogP contribution in [0.15, 0.2) is 12.1 Å². The Morgan fingerprint density at radius 1 is 0.962 bits per heavy atom. The van der Waals surface area contributed by atoms with Crippen LogP contribution in [0, 0.1) is 42.2 Å². The van der Waals surface area contributed by atoms with Crippen molar-refractivity contribution in [2.45, 2.75) is 39.8 Å². The SMILES string of the molecule is CC(C)C1NNC(C)C1C.O=[N+]([O-])c1cc([N+](=O)[O-])c(O)c([N+](=O)[O-])c1. The summed E-state index contributed by atoms with van der Waals surface area (Å²) in [5.41, 5.74) is 3.55. The Hall–Kier alpha value is -2.86. The lowest BCUT2D eigenvalue weighted by atomic mass is 9.90. The quantitative estimate of drug-likeness (QED) is 0.529. The van der Waals surface area contributed by atoms with Gasteiger partial charge in [0.15, 0.2) is 0 Å². The van der Waals surface area contributed by atoms with E-state index in [0.717, 1.165) is 11.8 Å². The molecule has 0 bridgehead atoms. The van der Waals surface area contributed by atoms with Crippen molar-refractivity contribution in [3.05, 3.63) is 42.5 Å². The topological polar surface area (TPSA) is 174 Å². The molecule has 12 nitrogen and oxygen atoms in total. The van der Waals surface area contributed by atoms with Crippen LogP contribution in [-0.2, 0) is 0 Å². The standard InChI is InChI=1S/C8H18N2.C6H3N3O7/c1-5(2)8-6(3)7(4)9-10-8;10-6-4(8(13)14)1-3(7(11)12)2-5(6)9(15)16/h5-10H,1-4H3;1-2,10H. The van der Waals surface area contributed by atoms with Crippen molar-refractivity contribution in [3.8, 4) is 5.75 Å². The van der Waals surface area contributed by atoms with Crippen LogP contribution in [0.3, 0.4) is 0 Å². The zero-order valence-corrected chi connectivity index (χ0v) is 14.7. The number of hydrogen-bond acceptors (Lipinski definition) is 9. The third-order valence-electron chi connectivity index (χ3n) is 4.21. The highest BCUT2D eigenvalue weighted by atomic mass is 16.6. The van der Waals surface area contributed by atoms with E-state index in [0.29, 0.717) is 24.2 Å². The number of non-ortho nitro benzene ring substituents is 1. The van der Waals surface area contributed by atoms with Gasteiger partial charge in [-0.1, -0.05) is 20.8 Å². The summed E-state index contributed by atoms with van der Waals surface area (Å²) in [7, 11) is 0. The number of nitro groups is 3. The molecule has 0 aliphatic carbocycles. The molecule has 3 atom stereocenters. The van der Waals surface area contributed by atoms with Gasteiger partial charge in [-0.2, -0.15) is 0 Å². The van der Waals surface area contributed by atoms with Gasteiger partial charge in [0.05, 0.1) is 26.9 Å². The number of phenols is 1. The summed E-state index contributed by atoms with van der Waals surface area (Å²) in [6.45, 7) is 9.03. The Balaban J connectivity index is 0.000000289. The molecule has 1 fully saturated rings. The average molecular weight is 371 g/mol. The third-order valence-corrected chi connectivity index (χ3v) is 4.21. The molecule has 144 valence electrons. The molecule has 1 aliphatic rings. The Morgan fingerprint density at radius 2 is 1.42 bits per heavy atom. The smallest absolute Gasteiger partial charge is 0.324 e. The molecule has 1 aliphatic heterocycles. The highest BCUT2D eigenvalue weighted by molar-refractivity contribution is 5.64. The fraction of sp³-hybridized carbons (Fsp3) is 0.571. The van der Waals surface area contributed by atoms with Gasteiger partial charge in [-0.3, -0.25) is 41.2 Å². The fourth-order valence-electron chi connectivity index (χ4n) is 2.55. The molecule has 3 unspecified atom stereocenters. The van der Waals surface area contributed by atoms with Gasteiger partial charge in [0.1, 0.15) is 0 Å². The predicted octanol–water partition coefficient (Wildman–Crippen LogP) is 2.26. The molecular weight excluding hydrogens is 350 g/mol. The van der Waals surface area contributed by atoms with Crippen LogP contribution in [0.25, 0.3) is 0 Å². The highest BCUT2D eigenvalue weighted by Crippen LogP contribution is 2.38. The van der Waals surface area contributed by atoms with Gasteiger partial charge >= 0.3 is 11.4 Å². The van der Waals surface area contributed by atoms with Crippen molar-refractivity contribution >= 4 is 17.1 Å². The minimum Gasteiger partial charge on any atom is -0.497 e. The number of nitrogens with zero attached hydrogens (tertiary/aromatic N) is 3. The Labute approximate surface area is 148 Å². The lowest BCUT2D eigenvalue weighted by molar-refractivity contribution is -0.404. The van der Waals surface area contributed by atoms with Crippen LogP contribution in [0.5, 0.6) is 5.75 Å². The molecule has 0 amide bonds. The van der Waals surface area contributed by atoms with Crippen LogP contribution in [0.1, 0.15) is 27.7 Å². The summed E-state index contributed by atoms with van der Waals surface area (Å²) < 4.78 is 0. The van der Waals surface area contributed by atoms with Gasteiger partial charge in [-0.15, -0.1) is 0 Å². The molecule has 3 N–H and O–H groups in total. The first-order chi connectivity index (χ1) is 12.0. The van der Waals surface area contributed by atoms with Crippen LogP contribution in [0.2, 0.25) is 0 Å². The van der Waals surface area contributed by atoms with E-state index in [4.69, 9.17) is 5.11 Å².